The number of aromatic nitrogens is 2. The maximum absolute atomic E-state index is 11.1. The second-order valence-corrected chi connectivity index (χ2v) is 6.80. The van der Waals surface area contributed by atoms with E-state index in [1.165, 1.54) is 0 Å². The zero-order valence-corrected chi connectivity index (χ0v) is 13.0. The van der Waals surface area contributed by atoms with Crippen molar-refractivity contribution in [3.8, 4) is 0 Å². The van der Waals surface area contributed by atoms with Crippen LogP contribution in [-0.4, -0.2) is 30.5 Å². The maximum atomic E-state index is 11.1. The van der Waals surface area contributed by atoms with Crippen molar-refractivity contribution in [3.05, 3.63) is 42.7 Å². The number of hydrogen-bond acceptors (Lipinski definition) is 4. The summed E-state index contributed by atoms with van der Waals surface area (Å²) in [4.78, 5) is 0. The zero-order valence-electron chi connectivity index (χ0n) is 12.2. The molecule has 0 aliphatic rings. The van der Waals surface area contributed by atoms with E-state index in [1.807, 2.05) is 29.1 Å². The van der Waals surface area contributed by atoms with E-state index in [-0.39, 0.29) is 0 Å². The van der Waals surface area contributed by atoms with Crippen molar-refractivity contribution in [1.29, 1.82) is 0 Å². The third kappa shape index (κ3) is 5.47. The second kappa shape index (κ2) is 6.62. The zero-order chi connectivity index (χ0) is 15.3. The molecule has 1 atom stereocenters. The summed E-state index contributed by atoms with van der Waals surface area (Å²) in [6.45, 7) is 2.96. The number of sulfonamides is 1. The summed E-state index contributed by atoms with van der Waals surface area (Å²) >= 11 is 0. The second-order valence-electron chi connectivity index (χ2n) is 5.05. The molecule has 0 fully saturated rings. The van der Waals surface area contributed by atoms with Crippen molar-refractivity contribution >= 4 is 21.4 Å². The lowest BCUT2D eigenvalue weighted by atomic mass is 10.2. The highest BCUT2D eigenvalue weighted by Gasteiger charge is 2.04. The summed E-state index contributed by atoms with van der Waals surface area (Å²) in [5, 5.41) is 7.54. The van der Waals surface area contributed by atoms with Gasteiger partial charge in [-0.3, -0.25) is 9.40 Å². The molecule has 0 bridgehead atoms. The van der Waals surface area contributed by atoms with Crippen LogP contribution >= 0.6 is 0 Å². The minimum atomic E-state index is -3.23. The lowest BCUT2D eigenvalue weighted by Crippen LogP contribution is -2.18. The first kappa shape index (κ1) is 15.4. The Labute approximate surface area is 125 Å². The normalized spacial score (nSPS) is 12.9. The van der Waals surface area contributed by atoms with Gasteiger partial charge in [-0.05, 0) is 43.7 Å². The van der Waals surface area contributed by atoms with E-state index in [0.717, 1.165) is 24.9 Å². The van der Waals surface area contributed by atoms with Gasteiger partial charge in [0, 0.05) is 36.4 Å². The Kier molecular flexibility index (Phi) is 4.85. The van der Waals surface area contributed by atoms with Crippen LogP contribution in [0.4, 0.5) is 11.4 Å². The van der Waals surface area contributed by atoms with Crippen LogP contribution in [0.15, 0.2) is 42.7 Å². The van der Waals surface area contributed by atoms with Gasteiger partial charge in [-0.2, -0.15) is 5.10 Å². The van der Waals surface area contributed by atoms with Crippen molar-refractivity contribution in [1.82, 2.24) is 9.78 Å². The Bertz CT molecular complexity index is 651. The van der Waals surface area contributed by atoms with Gasteiger partial charge in [0.2, 0.25) is 10.0 Å². The van der Waals surface area contributed by atoms with E-state index in [0.29, 0.717) is 11.7 Å². The molecule has 0 aliphatic heterocycles. The van der Waals surface area contributed by atoms with Crippen molar-refractivity contribution < 1.29 is 8.42 Å². The highest BCUT2D eigenvalue weighted by molar-refractivity contribution is 7.92. The first-order valence-corrected chi connectivity index (χ1v) is 8.63. The molecule has 114 valence electrons. The van der Waals surface area contributed by atoms with Crippen molar-refractivity contribution in [2.24, 2.45) is 0 Å². The highest BCUT2D eigenvalue weighted by atomic mass is 32.2. The van der Waals surface area contributed by atoms with Crippen LogP contribution < -0.4 is 10.0 Å². The molecule has 0 spiro atoms. The van der Waals surface area contributed by atoms with Crippen LogP contribution in [0.25, 0.3) is 0 Å². The molecule has 21 heavy (non-hydrogen) atoms. The summed E-state index contributed by atoms with van der Waals surface area (Å²) in [5.74, 6) is 0. The molecule has 1 heterocycles. The van der Waals surface area contributed by atoms with Gasteiger partial charge >= 0.3 is 0 Å². The molecule has 1 aromatic heterocycles. The van der Waals surface area contributed by atoms with Gasteiger partial charge in [0.15, 0.2) is 0 Å². The quantitative estimate of drug-likeness (QED) is 0.821. The smallest absolute Gasteiger partial charge is 0.229 e. The highest BCUT2D eigenvalue weighted by Crippen LogP contribution is 2.16. The number of rotatable bonds is 7. The molecule has 0 saturated heterocycles. The lowest BCUT2D eigenvalue weighted by Gasteiger charge is -2.15. The molecule has 0 amide bonds. The molecular weight excluding hydrogens is 288 g/mol. The Morgan fingerprint density at radius 3 is 2.48 bits per heavy atom. The van der Waals surface area contributed by atoms with Crippen molar-refractivity contribution in [3.63, 3.8) is 0 Å². The van der Waals surface area contributed by atoms with Crippen LogP contribution in [0.5, 0.6) is 0 Å². The van der Waals surface area contributed by atoms with E-state index in [1.54, 1.807) is 18.3 Å². The molecular formula is C14H20N4O2S. The van der Waals surface area contributed by atoms with E-state index >= 15 is 0 Å². The fraction of sp³-hybridized carbons (Fsp3) is 0.357. The van der Waals surface area contributed by atoms with Crippen LogP contribution in [0.2, 0.25) is 0 Å². The fourth-order valence-electron chi connectivity index (χ4n) is 1.96. The Morgan fingerprint density at radius 1 is 1.24 bits per heavy atom. The number of nitrogens with one attached hydrogen (secondary N) is 2. The van der Waals surface area contributed by atoms with Crippen molar-refractivity contribution in [2.45, 2.75) is 25.9 Å². The molecule has 6 nitrogen and oxygen atoms in total. The van der Waals surface area contributed by atoms with Gasteiger partial charge in [0.05, 0.1) is 6.26 Å². The first-order valence-electron chi connectivity index (χ1n) is 6.74. The van der Waals surface area contributed by atoms with Gasteiger partial charge < -0.3 is 5.32 Å². The molecule has 1 aromatic carbocycles. The molecule has 2 N–H and O–H groups in total. The summed E-state index contributed by atoms with van der Waals surface area (Å²) in [5.41, 5.74) is 1.52. The summed E-state index contributed by atoms with van der Waals surface area (Å²) in [7, 11) is -3.23. The molecule has 7 heteroatoms. The standard InChI is InChI=1S/C14H20N4O2S/c1-12(8-11-18-10-3-9-15-18)16-13-4-6-14(7-5-13)17-21(2,19)20/h3-7,9-10,12,16-17H,8,11H2,1-2H3/t12-/m1/s1. The first-order chi connectivity index (χ1) is 9.92. The van der Waals surface area contributed by atoms with E-state index in [2.05, 4.69) is 22.1 Å². The summed E-state index contributed by atoms with van der Waals surface area (Å²) < 4.78 is 26.6. The molecule has 0 unspecified atom stereocenters. The topological polar surface area (TPSA) is 76.0 Å². The summed E-state index contributed by atoms with van der Waals surface area (Å²) in [6, 6.07) is 9.40. The van der Waals surface area contributed by atoms with Gasteiger partial charge in [0.25, 0.3) is 0 Å². The van der Waals surface area contributed by atoms with Crippen LogP contribution in [0.3, 0.4) is 0 Å². The van der Waals surface area contributed by atoms with E-state index in [9.17, 15) is 8.42 Å². The van der Waals surface area contributed by atoms with Gasteiger partial charge in [-0.1, -0.05) is 0 Å². The van der Waals surface area contributed by atoms with Gasteiger partial charge in [-0.15, -0.1) is 0 Å². The number of anilines is 2. The SMILES string of the molecule is C[C@H](CCn1cccn1)Nc1ccc(NS(C)(=O)=O)cc1. The summed E-state index contributed by atoms with van der Waals surface area (Å²) in [6.07, 6.45) is 5.80. The average Bonchev–Trinajstić information content (AvgIpc) is 2.90. The van der Waals surface area contributed by atoms with Gasteiger partial charge in [-0.25, -0.2) is 8.42 Å². The van der Waals surface area contributed by atoms with Crippen molar-refractivity contribution in [2.75, 3.05) is 16.3 Å². The van der Waals surface area contributed by atoms with Gasteiger partial charge in [0.1, 0.15) is 0 Å². The third-order valence-corrected chi connectivity index (χ3v) is 3.56. The maximum Gasteiger partial charge on any atom is 0.229 e. The largest absolute Gasteiger partial charge is 0.383 e. The van der Waals surface area contributed by atoms with Crippen LogP contribution in [0, 0.1) is 0 Å². The van der Waals surface area contributed by atoms with Crippen LogP contribution in [-0.2, 0) is 16.6 Å². The Hall–Kier alpha value is -2.02. The number of aryl methyl sites for hydroxylation is 1. The minimum absolute atomic E-state index is 0.294. The molecule has 0 radical (unpaired) electrons. The number of hydrogen-bond donors (Lipinski definition) is 2. The Balaban J connectivity index is 1.84. The molecule has 0 aliphatic carbocycles. The van der Waals surface area contributed by atoms with Crippen LogP contribution in [0.1, 0.15) is 13.3 Å². The fourth-order valence-corrected chi connectivity index (χ4v) is 2.53. The molecule has 2 aromatic rings. The number of nitrogens with zero attached hydrogens (tertiary/aromatic N) is 2. The van der Waals surface area contributed by atoms with E-state index < -0.39 is 10.0 Å². The van der Waals surface area contributed by atoms with E-state index in [4.69, 9.17) is 0 Å². The molecule has 0 saturated carbocycles. The average molecular weight is 308 g/mol. The monoisotopic (exact) mass is 308 g/mol. The lowest BCUT2D eigenvalue weighted by molar-refractivity contribution is 0.546. The predicted molar refractivity (Wildman–Crippen MR) is 84.8 cm³/mol. The Morgan fingerprint density at radius 2 is 1.90 bits per heavy atom. The minimum Gasteiger partial charge on any atom is -0.383 e. The third-order valence-electron chi connectivity index (χ3n) is 2.95. The number of benzene rings is 1. The molecule has 2 rings (SSSR count). The predicted octanol–water partition coefficient (Wildman–Crippen LogP) is 2.15.